The number of ether oxygens (including phenoxy) is 1. The molecule has 3 atom stereocenters. The van der Waals surface area contributed by atoms with Gasteiger partial charge in [0.1, 0.15) is 0 Å². The summed E-state index contributed by atoms with van der Waals surface area (Å²) in [5.74, 6) is 0.850. The number of rotatable bonds is 3. The van der Waals surface area contributed by atoms with Crippen LogP contribution in [0.4, 0.5) is 0 Å². The lowest BCUT2D eigenvalue weighted by Gasteiger charge is -2.45. The second-order valence-electron chi connectivity index (χ2n) is 5.83. The number of morpholine rings is 1. The highest BCUT2D eigenvalue weighted by atomic mass is 16.5. The number of carbonyl (C=O) groups excluding carboxylic acids is 1. The van der Waals surface area contributed by atoms with Crippen molar-refractivity contribution in [1.29, 1.82) is 0 Å². The zero-order chi connectivity index (χ0) is 11.8. The molecule has 3 rings (SSSR count). The maximum atomic E-state index is 11.3. The molecule has 3 aliphatic rings. The number of amides is 1. The van der Waals surface area contributed by atoms with Gasteiger partial charge >= 0.3 is 0 Å². The van der Waals surface area contributed by atoms with Gasteiger partial charge in [0.05, 0.1) is 12.7 Å². The summed E-state index contributed by atoms with van der Waals surface area (Å²) >= 11 is 0. The molecule has 0 aromatic heterocycles. The Hall–Kier alpha value is -0.610. The Kier molecular flexibility index (Phi) is 3.09. The lowest BCUT2D eigenvalue weighted by Crippen LogP contribution is -2.55. The van der Waals surface area contributed by atoms with Gasteiger partial charge < -0.3 is 10.5 Å². The summed E-state index contributed by atoms with van der Waals surface area (Å²) < 4.78 is 5.85. The largest absolute Gasteiger partial charge is 0.375 e. The molecule has 96 valence electrons. The van der Waals surface area contributed by atoms with E-state index in [1.165, 1.54) is 19.4 Å². The van der Waals surface area contributed by atoms with E-state index in [2.05, 4.69) is 4.90 Å². The van der Waals surface area contributed by atoms with Crippen LogP contribution in [0, 0.1) is 11.8 Å². The molecular formula is C13H22N2O2. The predicted octanol–water partition coefficient (Wildman–Crippen LogP) is 0.751. The zero-order valence-corrected chi connectivity index (χ0v) is 10.3. The molecule has 0 spiro atoms. The Balaban J connectivity index is 1.66. The summed E-state index contributed by atoms with van der Waals surface area (Å²) in [6.07, 6.45) is 5.93. The summed E-state index contributed by atoms with van der Waals surface area (Å²) in [5, 5.41) is 0. The lowest BCUT2D eigenvalue weighted by molar-refractivity contribution is -0.130. The van der Waals surface area contributed by atoms with E-state index in [4.69, 9.17) is 10.5 Å². The number of carbonyl (C=O) groups is 1. The van der Waals surface area contributed by atoms with Crippen molar-refractivity contribution in [2.75, 3.05) is 19.7 Å². The van der Waals surface area contributed by atoms with Crippen LogP contribution in [0.3, 0.4) is 0 Å². The van der Waals surface area contributed by atoms with Gasteiger partial charge in [0.15, 0.2) is 0 Å². The molecule has 0 radical (unpaired) electrons. The summed E-state index contributed by atoms with van der Waals surface area (Å²) in [6, 6.07) is 0.440. The van der Waals surface area contributed by atoms with Gasteiger partial charge in [0, 0.05) is 25.0 Å². The van der Waals surface area contributed by atoms with Gasteiger partial charge in [0.2, 0.25) is 5.91 Å². The fraction of sp³-hybridized carbons (Fsp3) is 0.923. The maximum absolute atomic E-state index is 11.3. The average molecular weight is 238 g/mol. The molecule has 0 bridgehead atoms. The van der Waals surface area contributed by atoms with Crippen LogP contribution < -0.4 is 5.73 Å². The molecule has 0 unspecified atom stereocenters. The summed E-state index contributed by atoms with van der Waals surface area (Å²) in [4.78, 5) is 13.9. The molecule has 17 heavy (non-hydrogen) atoms. The number of hydrogen-bond donors (Lipinski definition) is 1. The molecule has 0 aromatic rings. The smallest absolute Gasteiger partial charge is 0.220 e. The van der Waals surface area contributed by atoms with Crippen LogP contribution in [0.15, 0.2) is 0 Å². The molecule has 3 fully saturated rings. The van der Waals surface area contributed by atoms with Crippen molar-refractivity contribution < 1.29 is 9.53 Å². The van der Waals surface area contributed by atoms with E-state index >= 15 is 0 Å². The van der Waals surface area contributed by atoms with E-state index in [9.17, 15) is 4.79 Å². The van der Waals surface area contributed by atoms with Crippen LogP contribution in [0.2, 0.25) is 0 Å². The fourth-order valence-corrected chi connectivity index (χ4v) is 3.30. The van der Waals surface area contributed by atoms with E-state index < -0.39 is 0 Å². The molecule has 0 aromatic carbocycles. The van der Waals surface area contributed by atoms with E-state index in [0.717, 1.165) is 38.3 Å². The standard InChI is InChI=1S/C13H22N2O2/c14-13(16)10-3-4-12-11(7-10)15(5-6-17-12)8-9-1-2-9/h9-12H,1-8H2,(H2,14,16)/t10-,11+,12+/m0/s1. The van der Waals surface area contributed by atoms with E-state index in [0.29, 0.717) is 12.1 Å². The molecule has 1 aliphatic heterocycles. The number of nitrogens with two attached hydrogens (primary N) is 1. The zero-order valence-electron chi connectivity index (χ0n) is 10.3. The minimum atomic E-state index is -0.125. The van der Waals surface area contributed by atoms with Crippen molar-refractivity contribution in [3.05, 3.63) is 0 Å². The van der Waals surface area contributed by atoms with E-state index in [1.807, 2.05) is 0 Å². The maximum Gasteiger partial charge on any atom is 0.220 e. The minimum absolute atomic E-state index is 0.0691. The molecular weight excluding hydrogens is 216 g/mol. The molecule has 1 amide bonds. The number of fused-ring (bicyclic) bond motifs is 1. The average Bonchev–Trinajstić information content (AvgIpc) is 3.13. The number of hydrogen-bond acceptors (Lipinski definition) is 3. The third-order valence-electron chi connectivity index (χ3n) is 4.53. The lowest BCUT2D eigenvalue weighted by atomic mass is 9.81. The molecule has 2 N–H and O–H groups in total. The Morgan fingerprint density at radius 3 is 2.82 bits per heavy atom. The van der Waals surface area contributed by atoms with Gasteiger partial charge in [-0.25, -0.2) is 0 Å². The highest BCUT2D eigenvalue weighted by Gasteiger charge is 2.40. The van der Waals surface area contributed by atoms with Crippen LogP contribution in [0.1, 0.15) is 32.1 Å². The Labute approximate surface area is 102 Å². The fourth-order valence-electron chi connectivity index (χ4n) is 3.30. The summed E-state index contributed by atoms with van der Waals surface area (Å²) in [6.45, 7) is 3.09. The highest BCUT2D eigenvalue weighted by molar-refractivity contribution is 5.76. The van der Waals surface area contributed by atoms with Gasteiger partial charge in [-0.05, 0) is 38.0 Å². The van der Waals surface area contributed by atoms with Crippen molar-refractivity contribution in [2.45, 2.75) is 44.2 Å². The topological polar surface area (TPSA) is 55.6 Å². The first-order chi connectivity index (χ1) is 8.24. The summed E-state index contributed by atoms with van der Waals surface area (Å²) in [5.41, 5.74) is 5.45. The van der Waals surface area contributed by atoms with Crippen LogP contribution >= 0.6 is 0 Å². The molecule has 4 heteroatoms. The van der Waals surface area contributed by atoms with Crippen molar-refractivity contribution in [3.63, 3.8) is 0 Å². The van der Waals surface area contributed by atoms with Crippen LogP contribution in [0.25, 0.3) is 0 Å². The molecule has 1 heterocycles. The van der Waals surface area contributed by atoms with Crippen molar-refractivity contribution in [1.82, 2.24) is 4.90 Å². The van der Waals surface area contributed by atoms with Gasteiger partial charge in [-0.15, -0.1) is 0 Å². The SMILES string of the molecule is NC(=O)[C@H]1CC[C@H]2OCCN(CC3CC3)[C@@H]2C1. The van der Waals surface area contributed by atoms with E-state index in [-0.39, 0.29) is 11.8 Å². The second-order valence-corrected chi connectivity index (χ2v) is 5.83. The van der Waals surface area contributed by atoms with Crippen molar-refractivity contribution >= 4 is 5.91 Å². The second kappa shape index (κ2) is 4.58. The van der Waals surface area contributed by atoms with Gasteiger partial charge in [-0.1, -0.05) is 0 Å². The number of nitrogens with zero attached hydrogens (tertiary/aromatic N) is 1. The highest BCUT2D eigenvalue weighted by Crippen LogP contribution is 2.36. The first-order valence-corrected chi connectivity index (χ1v) is 6.89. The normalized spacial score (nSPS) is 38.7. The van der Waals surface area contributed by atoms with Crippen molar-refractivity contribution in [2.24, 2.45) is 17.6 Å². The van der Waals surface area contributed by atoms with Gasteiger partial charge in [0.25, 0.3) is 0 Å². The van der Waals surface area contributed by atoms with Gasteiger partial charge in [-0.2, -0.15) is 0 Å². The van der Waals surface area contributed by atoms with Crippen LogP contribution in [0.5, 0.6) is 0 Å². The van der Waals surface area contributed by atoms with Crippen molar-refractivity contribution in [3.8, 4) is 0 Å². The molecule has 4 nitrogen and oxygen atoms in total. The predicted molar refractivity (Wildman–Crippen MR) is 64.4 cm³/mol. The van der Waals surface area contributed by atoms with Crippen LogP contribution in [-0.2, 0) is 9.53 Å². The monoisotopic (exact) mass is 238 g/mol. The minimum Gasteiger partial charge on any atom is -0.375 e. The first-order valence-electron chi connectivity index (χ1n) is 6.89. The Morgan fingerprint density at radius 1 is 1.29 bits per heavy atom. The quantitative estimate of drug-likeness (QED) is 0.789. The molecule has 2 saturated carbocycles. The Bertz CT molecular complexity index is 304. The first kappa shape index (κ1) is 11.5. The molecule has 2 aliphatic carbocycles. The van der Waals surface area contributed by atoms with Gasteiger partial charge in [-0.3, -0.25) is 9.69 Å². The number of primary amides is 1. The third-order valence-corrected chi connectivity index (χ3v) is 4.53. The summed E-state index contributed by atoms with van der Waals surface area (Å²) in [7, 11) is 0. The molecule has 1 saturated heterocycles. The van der Waals surface area contributed by atoms with Crippen LogP contribution in [-0.4, -0.2) is 42.6 Å². The Morgan fingerprint density at radius 2 is 2.12 bits per heavy atom. The third kappa shape index (κ3) is 2.47. The van der Waals surface area contributed by atoms with E-state index in [1.54, 1.807) is 0 Å².